The lowest BCUT2D eigenvalue weighted by molar-refractivity contribution is 0.347. The highest BCUT2D eigenvalue weighted by atomic mass is 16.3. The van der Waals surface area contributed by atoms with Gasteiger partial charge in [-0.05, 0) is 42.9 Å². The van der Waals surface area contributed by atoms with Gasteiger partial charge in [0.1, 0.15) is 0 Å². The van der Waals surface area contributed by atoms with Gasteiger partial charge in [0, 0.05) is 0 Å². The fourth-order valence-electron chi connectivity index (χ4n) is 3.24. The molecule has 0 saturated heterocycles. The summed E-state index contributed by atoms with van der Waals surface area (Å²) in [5, 5.41) is 3.07. The molecule has 0 heterocycles. The van der Waals surface area contributed by atoms with Gasteiger partial charge in [0.2, 0.25) is 0 Å². The van der Waals surface area contributed by atoms with Gasteiger partial charge < -0.3 is 0 Å². The van der Waals surface area contributed by atoms with E-state index in [1.807, 2.05) is 0 Å². The Labute approximate surface area is 107 Å². The Morgan fingerprint density at radius 1 is 1.24 bits per heavy atom. The molecule has 2 atom stereocenters. The maximum absolute atomic E-state index is 10.3. The van der Waals surface area contributed by atoms with Crippen molar-refractivity contribution in [1.29, 1.82) is 0 Å². The fraction of sp³-hybridized carbons (Fsp3) is 1.00. The number of rotatable bonds is 10. The van der Waals surface area contributed by atoms with E-state index in [9.17, 15) is 4.91 Å². The van der Waals surface area contributed by atoms with E-state index in [0.717, 1.165) is 18.3 Å². The van der Waals surface area contributed by atoms with Crippen molar-refractivity contribution in [3.63, 3.8) is 0 Å². The molecular formula is C15H29NO. The van der Waals surface area contributed by atoms with Crippen LogP contribution in [0.5, 0.6) is 0 Å². The molecule has 2 heteroatoms. The first-order chi connectivity index (χ1) is 8.14. The third kappa shape index (κ3) is 4.77. The van der Waals surface area contributed by atoms with E-state index in [0.29, 0.717) is 12.0 Å². The fourth-order valence-corrected chi connectivity index (χ4v) is 3.24. The minimum absolute atomic E-state index is 0.506. The Balaban J connectivity index is 2.32. The predicted octanol–water partition coefficient (Wildman–Crippen LogP) is 5.17. The molecule has 17 heavy (non-hydrogen) atoms. The van der Waals surface area contributed by atoms with Crippen molar-refractivity contribution in [1.82, 2.24) is 0 Å². The van der Waals surface area contributed by atoms with Gasteiger partial charge in [-0.15, -0.1) is 0 Å². The molecule has 1 saturated carbocycles. The Bertz CT molecular complexity index is 227. The molecular weight excluding hydrogens is 210 g/mol. The van der Waals surface area contributed by atoms with E-state index in [-0.39, 0.29) is 0 Å². The zero-order valence-electron chi connectivity index (χ0n) is 11.9. The summed E-state index contributed by atoms with van der Waals surface area (Å²) in [7, 11) is 0. The van der Waals surface area contributed by atoms with Crippen LogP contribution in [0.1, 0.15) is 72.1 Å². The number of nitroso groups, excluding NO2 is 1. The Morgan fingerprint density at radius 3 is 2.59 bits per heavy atom. The van der Waals surface area contributed by atoms with Crippen LogP contribution in [0.2, 0.25) is 0 Å². The highest BCUT2D eigenvalue weighted by Crippen LogP contribution is 2.61. The first-order valence-electron chi connectivity index (χ1n) is 7.43. The monoisotopic (exact) mass is 239 g/mol. The van der Waals surface area contributed by atoms with Crippen LogP contribution in [0, 0.1) is 22.2 Å². The molecule has 0 aliphatic heterocycles. The molecule has 1 fully saturated rings. The second-order valence-electron chi connectivity index (χ2n) is 6.31. The summed E-state index contributed by atoms with van der Waals surface area (Å²) in [6.07, 6.45) is 10.4. The molecule has 1 rings (SSSR count). The van der Waals surface area contributed by atoms with Gasteiger partial charge in [-0.3, -0.25) is 0 Å². The number of nitrogens with zero attached hydrogens (tertiary/aromatic N) is 1. The summed E-state index contributed by atoms with van der Waals surface area (Å²) in [6.45, 7) is 7.39. The van der Waals surface area contributed by atoms with Crippen LogP contribution in [0.3, 0.4) is 0 Å². The van der Waals surface area contributed by atoms with E-state index in [2.05, 4.69) is 25.9 Å². The SMILES string of the molecule is CCCCCCC1(CCN=O)CC1CC(C)C. The van der Waals surface area contributed by atoms with Crippen LogP contribution < -0.4 is 0 Å². The molecule has 0 N–H and O–H groups in total. The molecule has 0 aromatic heterocycles. The van der Waals surface area contributed by atoms with Gasteiger partial charge in [-0.1, -0.05) is 51.6 Å². The molecule has 1 aliphatic rings. The summed E-state index contributed by atoms with van der Waals surface area (Å²) in [6, 6.07) is 0. The topological polar surface area (TPSA) is 29.4 Å². The minimum atomic E-state index is 0.506. The molecule has 0 amide bonds. The number of hydrogen-bond acceptors (Lipinski definition) is 2. The lowest BCUT2D eigenvalue weighted by atomic mass is 9.89. The smallest absolute Gasteiger partial charge is 0.0816 e. The quantitative estimate of drug-likeness (QED) is 0.382. The van der Waals surface area contributed by atoms with Crippen molar-refractivity contribution >= 4 is 0 Å². The van der Waals surface area contributed by atoms with E-state index < -0.39 is 0 Å². The second-order valence-corrected chi connectivity index (χ2v) is 6.31. The van der Waals surface area contributed by atoms with Gasteiger partial charge in [-0.25, -0.2) is 0 Å². The maximum Gasteiger partial charge on any atom is 0.0816 e. The van der Waals surface area contributed by atoms with E-state index in [1.54, 1.807) is 0 Å². The molecule has 0 spiro atoms. The van der Waals surface area contributed by atoms with E-state index >= 15 is 0 Å². The molecule has 0 aromatic carbocycles. The summed E-state index contributed by atoms with van der Waals surface area (Å²) >= 11 is 0. The van der Waals surface area contributed by atoms with Crippen LogP contribution >= 0.6 is 0 Å². The third-order valence-corrected chi connectivity index (χ3v) is 4.34. The van der Waals surface area contributed by atoms with Crippen molar-refractivity contribution in [3.05, 3.63) is 4.91 Å². The largest absolute Gasteiger partial charge is 0.151 e. The number of hydrogen-bond donors (Lipinski definition) is 0. The van der Waals surface area contributed by atoms with Crippen LogP contribution in [0.25, 0.3) is 0 Å². The van der Waals surface area contributed by atoms with E-state index in [1.165, 1.54) is 44.9 Å². The van der Waals surface area contributed by atoms with Crippen molar-refractivity contribution in [3.8, 4) is 0 Å². The molecule has 0 aromatic rings. The van der Waals surface area contributed by atoms with Crippen LogP contribution in [-0.2, 0) is 0 Å². The average molecular weight is 239 g/mol. The van der Waals surface area contributed by atoms with Crippen LogP contribution in [0.4, 0.5) is 0 Å². The highest BCUT2D eigenvalue weighted by Gasteiger charge is 2.52. The normalized spacial score (nSPS) is 27.4. The van der Waals surface area contributed by atoms with Crippen molar-refractivity contribution < 1.29 is 0 Å². The Hall–Kier alpha value is -0.400. The standard InChI is InChI=1S/C15H29NO/c1-4-5-6-7-8-15(9-10-16-17)12-14(15)11-13(2)3/h13-14H,4-12H2,1-3H3. The van der Waals surface area contributed by atoms with Gasteiger partial charge in [0.25, 0.3) is 0 Å². The zero-order valence-corrected chi connectivity index (χ0v) is 11.9. The number of unbranched alkanes of at least 4 members (excludes halogenated alkanes) is 3. The third-order valence-electron chi connectivity index (χ3n) is 4.34. The van der Waals surface area contributed by atoms with Gasteiger partial charge in [0.15, 0.2) is 0 Å². The molecule has 1 aliphatic carbocycles. The molecule has 2 nitrogen and oxygen atoms in total. The van der Waals surface area contributed by atoms with Gasteiger partial charge in [-0.2, -0.15) is 4.91 Å². The Morgan fingerprint density at radius 2 is 2.00 bits per heavy atom. The first kappa shape index (κ1) is 14.7. The van der Waals surface area contributed by atoms with Gasteiger partial charge in [0.05, 0.1) is 6.54 Å². The predicted molar refractivity (Wildman–Crippen MR) is 74.0 cm³/mol. The summed E-state index contributed by atoms with van der Waals surface area (Å²) in [5.41, 5.74) is 0.506. The molecule has 0 radical (unpaired) electrons. The van der Waals surface area contributed by atoms with Crippen molar-refractivity contribution in [2.45, 2.75) is 72.1 Å². The molecule has 0 bridgehead atoms. The summed E-state index contributed by atoms with van der Waals surface area (Å²) in [4.78, 5) is 10.3. The highest BCUT2D eigenvalue weighted by molar-refractivity contribution is 5.02. The minimum Gasteiger partial charge on any atom is -0.151 e. The van der Waals surface area contributed by atoms with E-state index in [4.69, 9.17) is 0 Å². The van der Waals surface area contributed by atoms with Crippen molar-refractivity contribution in [2.24, 2.45) is 22.4 Å². The summed E-state index contributed by atoms with van der Waals surface area (Å²) < 4.78 is 0. The lowest BCUT2D eigenvalue weighted by Gasteiger charge is -2.17. The zero-order chi connectivity index (χ0) is 12.7. The van der Waals surface area contributed by atoms with Crippen molar-refractivity contribution in [2.75, 3.05) is 6.54 Å². The molecule has 2 unspecified atom stereocenters. The lowest BCUT2D eigenvalue weighted by Crippen LogP contribution is -2.08. The first-order valence-corrected chi connectivity index (χ1v) is 7.43. The van der Waals surface area contributed by atoms with Crippen LogP contribution in [-0.4, -0.2) is 6.54 Å². The Kier molecular flexibility index (Phi) is 6.15. The second kappa shape index (κ2) is 7.13. The maximum atomic E-state index is 10.3. The molecule has 100 valence electrons. The average Bonchev–Trinajstić information content (AvgIpc) is 2.95. The summed E-state index contributed by atoms with van der Waals surface area (Å²) in [5.74, 6) is 1.67. The van der Waals surface area contributed by atoms with Gasteiger partial charge >= 0.3 is 0 Å². The van der Waals surface area contributed by atoms with Crippen LogP contribution in [0.15, 0.2) is 5.18 Å².